The number of rotatable bonds is 1. The van der Waals surface area contributed by atoms with Gasteiger partial charge in [0.1, 0.15) is 0 Å². The first-order valence-corrected chi connectivity index (χ1v) is 4.47. The van der Waals surface area contributed by atoms with Gasteiger partial charge in [0.05, 0.1) is 12.2 Å². The van der Waals surface area contributed by atoms with Gasteiger partial charge in [-0.1, -0.05) is 13.8 Å². The summed E-state index contributed by atoms with van der Waals surface area (Å²) in [5.41, 5.74) is 0. The van der Waals surface area contributed by atoms with Crippen LogP contribution >= 0.6 is 0 Å². The lowest BCUT2D eigenvalue weighted by Gasteiger charge is -2.33. The van der Waals surface area contributed by atoms with Crippen LogP contribution in [0.2, 0.25) is 0 Å². The maximum Gasteiger partial charge on any atom is 0.0595 e. The minimum Gasteiger partial charge on any atom is -0.393 e. The molecule has 0 aromatic carbocycles. The molecule has 0 unspecified atom stereocenters. The van der Waals surface area contributed by atoms with Crippen molar-refractivity contribution in [1.82, 2.24) is 0 Å². The lowest BCUT2D eigenvalue weighted by molar-refractivity contribution is -0.0142. The van der Waals surface area contributed by atoms with E-state index in [1.807, 2.05) is 0 Å². The van der Waals surface area contributed by atoms with Gasteiger partial charge in [-0.2, -0.15) is 0 Å². The van der Waals surface area contributed by atoms with Crippen molar-refractivity contribution in [3.8, 4) is 0 Å². The van der Waals surface area contributed by atoms with Crippen molar-refractivity contribution >= 4 is 0 Å². The van der Waals surface area contributed by atoms with Crippen LogP contribution in [0.25, 0.3) is 0 Å². The van der Waals surface area contributed by atoms with E-state index < -0.39 is 0 Å². The molecule has 0 heterocycles. The van der Waals surface area contributed by atoms with Crippen LogP contribution in [0.5, 0.6) is 0 Å². The molecule has 1 saturated carbocycles. The van der Waals surface area contributed by atoms with Crippen molar-refractivity contribution in [2.45, 2.75) is 45.3 Å². The first kappa shape index (κ1) is 9.01. The van der Waals surface area contributed by atoms with E-state index in [9.17, 15) is 10.2 Å². The Morgan fingerprint density at radius 3 is 2.27 bits per heavy atom. The molecule has 2 N–H and O–H groups in total. The molecule has 0 amide bonds. The van der Waals surface area contributed by atoms with Crippen molar-refractivity contribution in [2.75, 3.05) is 0 Å². The summed E-state index contributed by atoms with van der Waals surface area (Å²) >= 11 is 0. The molecule has 11 heavy (non-hydrogen) atoms. The molecule has 66 valence electrons. The first-order valence-electron chi connectivity index (χ1n) is 4.47. The third kappa shape index (κ3) is 2.17. The number of hydrogen-bond acceptors (Lipinski definition) is 2. The predicted octanol–water partition coefficient (Wildman–Crippen LogP) is 1.16. The van der Waals surface area contributed by atoms with Gasteiger partial charge >= 0.3 is 0 Å². The van der Waals surface area contributed by atoms with E-state index >= 15 is 0 Å². The van der Waals surface area contributed by atoms with E-state index in [1.54, 1.807) is 0 Å². The highest BCUT2D eigenvalue weighted by Crippen LogP contribution is 2.30. The molecule has 2 heteroatoms. The Balaban J connectivity index is 2.44. The smallest absolute Gasteiger partial charge is 0.0595 e. The fourth-order valence-corrected chi connectivity index (χ4v) is 1.93. The molecule has 0 aromatic rings. The van der Waals surface area contributed by atoms with Gasteiger partial charge < -0.3 is 10.2 Å². The maximum absolute atomic E-state index is 9.55. The van der Waals surface area contributed by atoms with Crippen LogP contribution in [0.15, 0.2) is 0 Å². The maximum atomic E-state index is 9.55. The van der Waals surface area contributed by atoms with Crippen molar-refractivity contribution < 1.29 is 10.2 Å². The number of aliphatic hydroxyl groups excluding tert-OH is 2. The third-order valence-corrected chi connectivity index (χ3v) is 2.70. The summed E-state index contributed by atoms with van der Waals surface area (Å²) in [7, 11) is 0. The van der Waals surface area contributed by atoms with Gasteiger partial charge in [0, 0.05) is 0 Å². The van der Waals surface area contributed by atoms with Crippen molar-refractivity contribution in [3.63, 3.8) is 0 Å². The van der Waals surface area contributed by atoms with Gasteiger partial charge in [-0.15, -0.1) is 0 Å². The second-order valence-corrected chi connectivity index (χ2v) is 3.94. The van der Waals surface area contributed by atoms with Gasteiger partial charge in [-0.3, -0.25) is 0 Å². The SMILES string of the molecule is CC(C)[C@H]1CC[C@H](O)C[C@@H]1O. The summed E-state index contributed by atoms with van der Waals surface area (Å²) < 4.78 is 0. The van der Waals surface area contributed by atoms with Crippen molar-refractivity contribution in [3.05, 3.63) is 0 Å². The van der Waals surface area contributed by atoms with E-state index in [-0.39, 0.29) is 12.2 Å². The van der Waals surface area contributed by atoms with Gasteiger partial charge in [0.15, 0.2) is 0 Å². The average molecular weight is 158 g/mol. The Bertz CT molecular complexity index is 123. The molecule has 1 rings (SSSR count). The standard InChI is InChI=1S/C9H18O2/c1-6(2)8-4-3-7(10)5-9(8)11/h6-11H,3-5H2,1-2H3/t7-,8+,9-/m0/s1. The van der Waals surface area contributed by atoms with Gasteiger partial charge in [0.25, 0.3) is 0 Å². The summed E-state index contributed by atoms with van der Waals surface area (Å²) in [6.45, 7) is 4.26. The topological polar surface area (TPSA) is 40.5 Å². The van der Waals surface area contributed by atoms with E-state index in [0.29, 0.717) is 18.3 Å². The Morgan fingerprint density at radius 2 is 1.82 bits per heavy atom. The molecular formula is C9H18O2. The number of aliphatic hydroxyl groups is 2. The zero-order valence-corrected chi connectivity index (χ0v) is 7.33. The summed E-state index contributed by atoms with van der Waals surface area (Å²) in [5.74, 6) is 0.941. The zero-order chi connectivity index (χ0) is 8.43. The highest BCUT2D eigenvalue weighted by Gasteiger charge is 2.29. The Morgan fingerprint density at radius 1 is 1.18 bits per heavy atom. The minimum absolute atomic E-state index is 0.264. The molecule has 0 radical (unpaired) electrons. The van der Waals surface area contributed by atoms with Crippen LogP contribution in [-0.2, 0) is 0 Å². The van der Waals surface area contributed by atoms with Gasteiger partial charge in [0.2, 0.25) is 0 Å². The fraction of sp³-hybridized carbons (Fsp3) is 1.00. The van der Waals surface area contributed by atoms with Gasteiger partial charge in [-0.05, 0) is 31.1 Å². The van der Waals surface area contributed by atoms with Crippen LogP contribution in [0.4, 0.5) is 0 Å². The van der Waals surface area contributed by atoms with Gasteiger partial charge in [-0.25, -0.2) is 0 Å². The van der Waals surface area contributed by atoms with E-state index in [2.05, 4.69) is 13.8 Å². The Hall–Kier alpha value is -0.0800. The highest BCUT2D eigenvalue weighted by atomic mass is 16.3. The second-order valence-electron chi connectivity index (χ2n) is 3.94. The summed E-state index contributed by atoms with van der Waals surface area (Å²) in [6.07, 6.45) is 1.86. The van der Waals surface area contributed by atoms with Crippen molar-refractivity contribution in [2.24, 2.45) is 11.8 Å². The summed E-state index contributed by atoms with van der Waals surface area (Å²) in [4.78, 5) is 0. The highest BCUT2D eigenvalue weighted by molar-refractivity contribution is 4.80. The monoisotopic (exact) mass is 158 g/mol. The lowest BCUT2D eigenvalue weighted by atomic mass is 9.78. The summed E-state index contributed by atoms with van der Waals surface area (Å²) in [6, 6.07) is 0. The molecular weight excluding hydrogens is 140 g/mol. The Kier molecular flexibility index (Phi) is 2.90. The molecule has 1 aliphatic rings. The average Bonchev–Trinajstić information content (AvgIpc) is 1.85. The molecule has 0 saturated heterocycles. The van der Waals surface area contributed by atoms with Crippen LogP contribution in [0.1, 0.15) is 33.1 Å². The Labute approximate surface area is 68.2 Å². The number of hydrogen-bond donors (Lipinski definition) is 2. The largest absolute Gasteiger partial charge is 0.393 e. The molecule has 1 aliphatic carbocycles. The van der Waals surface area contributed by atoms with E-state index in [1.165, 1.54) is 0 Å². The lowest BCUT2D eigenvalue weighted by Crippen LogP contribution is -2.34. The van der Waals surface area contributed by atoms with Crippen LogP contribution in [-0.4, -0.2) is 22.4 Å². The fourth-order valence-electron chi connectivity index (χ4n) is 1.93. The van der Waals surface area contributed by atoms with E-state index in [0.717, 1.165) is 12.8 Å². The van der Waals surface area contributed by atoms with Crippen LogP contribution in [0.3, 0.4) is 0 Å². The van der Waals surface area contributed by atoms with Crippen LogP contribution < -0.4 is 0 Å². The second kappa shape index (κ2) is 3.55. The summed E-state index contributed by atoms with van der Waals surface area (Å²) in [5, 5.41) is 18.8. The van der Waals surface area contributed by atoms with Crippen LogP contribution in [0, 0.1) is 11.8 Å². The quantitative estimate of drug-likeness (QED) is 0.601. The van der Waals surface area contributed by atoms with E-state index in [4.69, 9.17) is 0 Å². The molecule has 0 spiro atoms. The zero-order valence-electron chi connectivity index (χ0n) is 7.33. The molecule has 3 atom stereocenters. The normalized spacial score (nSPS) is 39.5. The molecule has 0 aromatic heterocycles. The molecule has 0 aliphatic heterocycles. The third-order valence-electron chi connectivity index (χ3n) is 2.70. The molecule has 2 nitrogen and oxygen atoms in total. The minimum atomic E-state index is -0.279. The molecule has 1 fully saturated rings. The predicted molar refractivity (Wildman–Crippen MR) is 44.2 cm³/mol. The molecule has 0 bridgehead atoms. The van der Waals surface area contributed by atoms with Crippen molar-refractivity contribution in [1.29, 1.82) is 0 Å². The first-order chi connectivity index (χ1) is 5.11.